The second-order valence-corrected chi connectivity index (χ2v) is 1.81. The van der Waals surface area contributed by atoms with Crippen LogP contribution in [0.1, 0.15) is 6.92 Å². The van der Waals surface area contributed by atoms with E-state index in [4.69, 9.17) is 15.2 Å². The van der Waals surface area contributed by atoms with E-state index in [0.717, 1.165) is 0 Å². The summed E-state index contributed by atoms with van der Waals surface area (Å²) >= 11 is 0. The van der Waals surface area contributed by atoms with Gasteiger partial charge in [-0.05, 0) is 6.92 Å². The average molecular weight is 138 g/mol. The van der Waals surface area contributed by atoms with Crippen LogP contribution in [-0.4, -0.2) is 20.4 Å². The van der Waals surface area contributed by atoms with Crippen molar-refractivity contribution in [2.24, 2.45) is 0 Å². The highest BCUT2D eigenvalue weighted by Crippen LogP contribution is 2.04. The lowest BCUT2D eigenvalue weighted by Crippen LogP contribution is -2.26. The summed E-state index contributed by atoms with van der Waals surface area (Å²) in [6.45, 7) is 1.38. The summed E-state index contributed by atoms with van der Waals surface area (Å²) in [6.07, 6.45) is 0. The van der Waals surface area contributed by atoms with E-state index in [1.807, 2.05) is 0 Å². The first-order valence-electron chi connectivity index (χ1n) is 2.64. The molecule has 0 aromatic carbocycles. The Kier molecular flexibility index (Phi) is 3.49. The Morgan fingerprint density at radius 3 is 2.20 bits per heavy atom. The van der Waals surface area contributed by atoms with E-state index in [2.05, 4.69) is 4.65 Å². The van der Waals surface area contributed by atoms with Gasteiger partial charge in [0.25, 0.3) is 0 Å². The fourth-order valence-electron chi connectivity index (χ4n) is 0.266. The molecule has 0 atom stereocenters. The average Bonchev–Trinajstić information content (AvgIpc) is 2.00. The topological polar surface area (TPSA) is 66.0 Å². The van der Waals surface area contributed by atoms with Gasteiger partial charge >= 0.3 is 7.69 Å². The molecule has 4 nitrogen and oxygen atoms in total. The molecule has 0 amide bonds. The van der Waals surface area contributed by atoms with Gasteiger partial charge in [-0.25, -0.2) is 0 Å². The molecule has 0 spiro atoms. The van der Waals surface area contributed by atoms with Gasteiger partial charge in [0.2, 0.25) is 5.60 Å². The number of nitriles is 2. The molecule has 5 heteroatoms. The van der Waals surface area contributed by atoms with Crippen molar-refractivity contribution in [1.82, 2.24) is 0 Å². The fourth-order valence-corrected chi connectivity index (χ4v) is 0.266. The third kappa shape index (κ3) is 2.50. The predicted molar refractivity (Wildman–Crippen MR) is 34.9 cm³/mol. The molecule has 0 bridgehead atoms. The minimum atomic E-state index is -1.38. The molecule has 0 aliphatic rings. The van der Waals surface area contributed by atoms with Crippen LogP contribution >= 0.6 is 0 Å². The minimum Gasteiger partial charge on any atom is -0.417 e. The molecule has 0 heterocycles. The molecular formula is C5H7BN2O2. The molecule has 10 heavy (non-hydrogen) atoms. The van der Waals surface area contributed by atoms with Crippen LogP contribution in [0.3, 0.4) is 0 Å². The molecule has 0 saturated carbocycles. The number of rotatable bonds is 3. The van der Waals surface area contributed by atoms with Crippen LogP contribution in [0.25, 0.3) is 0 Å². The van der Waals surface area contributed by atoms with Crippen LogP contribution in [0.5, 0.6) is 0 Å². The van der Waals surface area contributed by atoms with Gasteiger partial charge in [0.05, 0.1) is 0 Å². The van der Waals surface area contributed by atoms with Gasteiger partial charge in [0, 0.05) is 7.11 Å². The van der Waals surface area contributed by atoms with Crippen LogP contribution < -0.4 is 0 Å². The molecule has 0 aromatic heterocycles. The van der Waals surface area contributed by atoms with Crippen molar-refractivity contribution >= 4 is 7.69 Å². The molecule has 0 N–H and O–H groups in total. The Morgan fingerprint density at radius 1 is 1.40 bits per heavy atom. The third-order valence-electron chi connectivity index (χ3n) is 0.892. The van der Waals surface area contributed by atoms with E-state index in [0.29, 0.717) is 0 Å². The minimum absolute atomic E-state index is 0.0440. The highest BCUT2D eigenvalue weighted by atomic mass is 16.6. The number of nitrogens with zero attached hydrogens (tertiary/aromatic N) is 2. The third-order valence-corrected chi connectivity index (χ3v) is 0.892. The molecule has 52 valence electrons. The van der Waals surface area contributed by atoms with Gasteiger partial charge in [-0.15, -0.1) is 0 Å². The second kappa shape index (κ2) is 3.89. The zero-order chi connectivity index (χ0) is 8.04. The monoisotopic (exact) mass is 138 g/mol. The first-order valence-corrected chi connectivity index (χ1v) is 2.64. The molecule has 0 rings (SSSR count). The maximum Gasteiger partial charge on any atom is 0.439 e. The second-order valence-electron chi connectivity index (χ2n) is 1.81. The Morgan fingerprint density at radius 2 is 1.90 bits per heavy atom. The van der Waals surface area contributed by atoms with Crippen molar-refractivity contribution in [3.05, 3.63) is 0 Å². The summed E-state index contributed by atoms with van der Waals surface area (Å²) in [5, 5.41) is 16.7. The molecule has 0 fully saturated rings. The van der Waals surface area contributed by atoms with Crippen molar-refractivity contribution < 1.29 is 9.31 Å². The smallest absolute Gasteiger partial charge is 0.417 e. The first kappa shape index (κ1) is 8.96. The summed E-state index contributed by atoms with van der Waals surface area (Å²) in [5.74, 6) is 0. The summed E-state index contributed by atoms with van der Waals surface area (Å²) in [6, 6.07) is 3.40. The van der Waals surface area contributed by atoms with Crippen LogP contribution in [0, 0.1) is 22.7 Å². The van der Waals surface area contributed by atoms with E-state index in [-0.39, 0.29) is 7.69 Å². The van der Waals surface area contributed by atoms with Gasteiger partial charge in [-0.3, -0.25) is 0 Å². The van der Waals surface area contributed by atoms with Crippen molar-refractivity contribution in [3.8, 4) is 12.1 Å². The molecule has 0 aromatic rings. The fraction of sp³-hybridized carbons (Fsp3) is 0.600. The maximum absolute atomic E-state index is 8.36. The van der Waals surface area contributed by atoms with E-state index >= 15 is 0 Å². The Bertz CT molecular complexity index is 167. The van der Waals surface area contributed by atoms with E-state index in [1.54, 1.807) is 12.1 Å². The zero-order valence-electron chi connectivity index (χ0n) is 5.92. The summed E-state index contributed by atoms with van der Waals surface area (Å²) in [5.41, 5.74) is -1.38. The van der Waals surface area contributed by atoms with Gasteiger partial charge < -0.3 is 9.31 Å². The standard InChI is InChI=1S/C5H7BN2O2/c1-5(3-7,4-8)10-6-9-2/h6H,1-2H3. The lowest BCUT2D eigenvalue weighted by molar-refractivity contribution is 0.173. The SMILES string of the molecule is COBOC(C)(C#N)C#N. The zero-order valence-corrected chi connectivity index (χ0v) is 5.92. The number of hydrogen-bond donors (Lipinski definition) is 0. The molecule has 0 aliphatic heterocycles. The first-order chi connectivity index (χ1) is 4.68. The Balaban J connectivity index is 3.88. The van der Waals surface area contributed by atoms with E-state index in [9.17, 15) is 0 Å². The molecule has 0 radical (unpaired) electrons. The van der Waals surface area contributed by atoms with Crippen LogP contribution in [-0.2, 0) is 9.31 Å². The normalized spacial score (nSPS) is 9.60. The van der Waals surface area contributed by atoms with E-state index < -0.39 is 5.60 Å². The lowest BCUT2D eigenvalue weighted by atomic mass is 10.1. The Hall–Kier alpha value is -1.04. The number of hydrogen-bond acceptors (Lipinski definition) is 4. The van der Waals surface area contributed by atoms with Gasteiger partial charge in [-0.1, -0.05) is 0 Å². The van der Waals surface area contributed by atoms with Crippen molar-refractivity contribution in [2.45, 2.75) is 12.5 Å². The molecule has 0 unspecified atom stereocenters. The summed E-state index contributed by atoms with van der Waals surface area (Å²) in [4.78, 5) is 0. The highest BCUT2D eigenvalue weighted by Gasteiger charge is 2.23. The van der Waals surface area contributed by atoms with Gasteiger partial charge in [-0.2, -0.15) is 10.5 Å². The van der Waals surface area contributed by atoms with E-state index in [1.165, 1.54) is 14.0 Å². The largest absolute Gasteiger partial charge is 0.439 e. The summed E-state index contributed by atoms with van der Waals surface area (Å²) in [7, 11) is 1.38. The predicted octanol–water partition coefficient (Wildman–Crippen LogP) is -0.278. The van der Waals surface area contributed by atoms with Crippen molar-refractivity contribution in [3.63, 3.8) is 0 Å². The lowest BCUT2D eigenvalue weighted by Gasteiger charge is -2.10. The van der Waals surface area contributed by atoms with Crippen molar-refractivity contribution in [2.75, 3.05) is 7.11 Å². The van der Waals surface area contributed by atoms with Crippen LogP contribution in [0.2, 0.25) is 0 Å². The quantitative estimate of drug-likeness (QED) is 0.503. The van der Waals surface area contributed by atoms with Crippen LogP contribution in [0.15, 0.2) is 0 Å². The maximum atomic E-state index is 8.36. The van der Waals surface area contributed by atoms with Crippen molar-refractivity contribution in [1.29, 1.82) is 10.5 Å². The molecule has 0 aliphatic carbocycles. The van der Waals surface area contributed by atoms with Gasteiger partial charge in [0.1, 0.15) is 12.1 Å². The summed E-state index contributed by atoms with van der Waals surface area (Å²) < 4.78 is 9.25. The molecule has 0 saturated heterocycles. The molecular weight excluding hydrogens is 131 g/mol. The van der Waals surface area contributed by atoms with Crippen LogP contribution in [0.4, 0.5) is 0 Å². The highest BCUT2D eigenvalue weighted by molar-refractivity contribution is 6.18. The van der Waals surface area contributed by atoms with Gasteiger partial charge in [0.15, 0.2) is 0 Å². The Labute approximate surface area is 60.3 Å².